The Labute approximate surface area is 158 Å². The fourth-order valence-electron chi connectivity index (χ4n) is 2.40. The standard InChI is InChI=1S/C21H21N3O3/c1-23(2)20(25)15-27-19-11-7-17(8-12-19)22-21(26)16-5-9-18(10-6-16)24-13-3-4-14-24/h3-14H,15H2,1-2H3,(H,22,26). The Morgan fingerprint density at radius 2 is 1.59 bits per heavy atom. The topological polar surface area (TPSA) is 63.6 Å². The summed E-state index contributed by atoms with van der Waals surface area (Å²) >= 11 is 0. The molecule has 1 N–H and O–H groups in total. The number of nitrogens with one attached hydrogen (secondary N) is 1. The number of amides is 2. The molecule has 0 unspecified atom stereocenters. The number of likely N-dealkylation sites (N-methyl/N-ethyl adjacent to an activating group) is 1. The van der Waals surface area contributed by atoms with E-state index in [1.165, 1.54) is 4.90 Å². The third kappa shape index (κ3) is 4.76. The predicted octanol–water partition coefficient (Wildman–Crippen LogP) is 3.20. The number of nitrogens with zero attached hydrogens (tertiary/aromatic N) is 2. The van der Waals surface area contributed by atoms with Gasteiger partial charge in [0.05, 0.1) is 0 Å². The maximum Gasteiger partial charge on any atom is 0.259 e. The van der Waals surface area contributed by atoms with Crippen LogP contribution in [0.15, 0.2) is 73.1 Å². The number of anilines is 1. The van der Waals surface area contributed by atoms with Gasteiger partial charge in [0.15, 0.2) is 6.61 Å². The zero-order valence-corrected chi connectivity index (χ0v) is 15.3. The van der Waals surface area contributed by atoms with Crippen LogP contribution < -0.4 is 10.1 Å². The molecule has 0 bridgehead atoms. The highest BCUT2D eigenvalue weighted by atomic mass is 16.5. The number of hydrogen-bond donors (Lipinski definition) is 1. The fourth-order valence-corrected chi connectivity index (χ4v) is 2.40. The van der Waals surface area contributed by atoms with Crippen LogP contribution in [0.1, 0.15) is 10.4 Å². The first-order valence-electron chi connectivity index (χ1n) is 8.51. The van der Waals surface area contributed by atoms with Crippen LogP contribution >= 0.6 is 0 Å². The van der Waals surface area contributed by atoms with Gasteiger partial charge in [-0.25, -0.2) is 0 Å². The van der Waals surface area contributed by atoms with Crippen molar-refractivity contribution in [3.05, 3.63) is 78.6 Å². The number of hydrogen-bond acceptors (Lipinski definition) is 3. The molecule has 2 amide bonds. The molecule has 1 heterocycles. The van der Waals surface area contributed by atoms with Crippen molar-refractivity contribution in [3.8, 4) is 11.4 Å². The lowest BCUT2D eigenvalue weighted by molar-refractivity contribution is -0.130. The molecule has 3 aromatic rings. The quantitative estimate of drug-likeness (QED) is 0.731. The Morgan fingerprint density at radius 3 is 2.19 bits per heavy atom. The first-order valence-corrected chi connectivity index (χ1v) is 8.51. The van der Waals surface area contributed by atoms with E-state index >= 15 is 0 Å². The summed E-state index contributed by atoms with van der Waals surface area (Å²) in [5.41, 5.74) is 2.22. The zero-order chi connectivity index (χ0) is 19.2. The monoisotopic (exact) mass is 363 g/mol. The van der Waals surface area contributed by atoms with Crippen molar-refractivity contribution < 1.29 is 14.3 Å². The van der Waals surface area contributed by atoms with Gasteiger partial charge in [0.2, 0.25) is 0 Å². The van der Waals surface area contributed by atoms with Crippen molar-refractivity contribution in [3.63, 3.8) is 0 Å². The highest BCUT2D eigenvalue weighted by Gasteiger charge is 2.08. The van der Waals surface area contributed by atoms with Gasteiger partial charge in [0, 0.05) is 43.4 Å². The molecule has 1 aromatic heterocycles. The van der Waals surface area contributed by atoms with E-state index in [0.717, 1.165) is 5.69 Å². The number of aromatic nitrogens is 1. The zero-order valence-electron chi connectivity index (χ0n) is 15.3. The first kappa shape index (κ1) is 18.3. The minimum Gasteiger partial charge on any atom is -0.484 e. The molecule has 6 heteroatoms. The highest BCUT2D eigenvalue weighted by molar-refractivity contribution is 6.04. The second-order valence-corrected chi connectivity index (χ2v) is 6.19. The predicted molar refractivity (Wildman–Crippen MR) is 104 cm³/mol. The molecular formula is C21H21N3O3. The van der Waals surface area contributed by atoms with Gasteiger partial charge in [-0.1, -0.05) is 0 Å². The average molecular weight is 363 g/mol. The van der Waals surface area contributed by atoms with E-state index in [2.05, 4.69) is 5.32 Å². The minimum atomic E-state index is -0.189. The Morgan fingerprint density at radius 1 is 0.963 bits per heavy atom. The maximum absolute atomic E-state index is 12.4. The molecule has 0 spiro atoms. The van der Waals surface area contributed by atoms with Crippen LogP contribution in [0, 0.1) is 0 Å². The van der Waals surface area contributed by atoms with Crippen LogP contribution in [0.25, 0.3) is 5.69 Å². The number of rotatable bonds is 6. The smallest absolute Gasteiger partial charge is 0.259 e. The Balaban J connectivity index is 1.58. The molecule has 0 atom stereocenters. The van der Waals surface area contributed by atoms with E-state index in [9.17, 15) is 9.59 Å². The molecule has 2 aromatic carbocycles. The third-order valence-electron chi connectivity index (χ3n) is 4.01. The Hall–Kier alpha value is -3.54. The van der Waals surface area contributed by atoms with Crippen LogP contribution in [0.5, 0.6) is 5.75 Å². The van der Waals surface area contributed by atoms with E-state index in [-0.39, 0.29) is 18.4 Å². The lowest BCUT2D eigenvalue weighted by Gasteiger charge is -2.12. The summed E-state index contributed by atoms with van der Waals surface area (Å²) in [6.45, 7) is -0.0214. The number of carbonyl (C=O) groups excluding carboxylic acids is 2. The molecular weight excluding hydrogens is 342 g/mol. The van der Waals surface area contributed by atoms with Gasteiger partial charge in [0.1, 0.15) is 5.75 Å². The number of carbonyl (C=O) groups is 2. The molecule has 0 radical (unpaired) electrons. The van der Waals surface area contributed by atoms with E-state index in [4.69, 9.17) is 4.74 Å². The minimum absolute atomic E-state index is 0.0214. The van der Waals surface area contributed by atoms with Crippen LogP contribution in [0.3, 0.4) is 0 Å². The molecule has 0 aliphatic rings. The molecule has 0 saturated heterocycles. The van der Waals surface area contributed by atoms with Crippen molar-refractivity contribution in [2.45, 2.75) is 0 Å². The molecule has 3 rings (SSSR count). The van der Waals surface area contributed by atoms with Crippen molar-refractivity contribution in [1.82, 2.24) is 9.47 Å². The average Bonchev–Trinajstić information content (AvgIpc) is 3.22. The first-order chi connectivity index (χ1) is 13.0. The molecule has 0 saturated carbocycles. The summed E-state index contributed by atoms with van der Waals surface area (Å²) in [6, 6.07) is 18.2. The van der Waals surface area contributed by atoms with Crippen LogP contribution in [-0.4, -0.2) is 42.0 Å². The van der Waals surface area contributed by atoms with Gasteiger partial charge < -0.3 is 19.5 Å². The van der Waals surface area contributed by atoms with Gasteiger partial charge in [-0.3, -0.25) is 9.59 Å². The molecule has 0 aliphatic heterocycles. The van der Waals surface area contributed by atoms with Crippen molar-refractivity contribution in [1.29, 1.82) is 0 Å². The molecule has 6 nitrogen and oxygen atoms in total. The second kappa shape index (κ2) is 8.23. The largest absolute Gasteiger partial charge is 0.484 e. The summed E-state index contributed by atoms with van der Waals surface area (Å²) in [4.78, 5) is 25.4. The van der Waals surface area contributed by atoms with Crippen molar-refractivity contribution >= 4 is 17.5 Å². The summed E-state index contributed by atoms with van der Waals surface area (Å²) < 4.78 is 7.39. The van der Waals surface area contributed by atoms with Gasteiger partial charge >= 0.3 is 0 Å². The molecule has 0 fully saturated rings. The van der Waals surface area contributed by atoms with E-state index in [0.29, 0.717) is 17.0 Å². The van der Waals surface area contributed by atoms with Crippen LogP contribution in [0.2, 0.25) is 0 Å². The lowest BCUT2D eigenvalue weighted by Crippen LogP contribution is -2.27. The fraction of sp³-hybridized carbons (Fsp3) is 0.143. The summed E-state index contributed by atoms with van der Waals surface area (Å²) in [5.74, 6) is 0.264. The lowest BCUT2D eigenvalue weighted by atomic mass is 10.2. The summed E-state index contributed by atoms with van der Waals surface area (Å²) in [6.07, 6.45) is 3.90. The number of benzene rings is 2. The van der Waals surface area contributed by atoms with Gasteiger partial charge in [-0.15, -0.1) is 0 Å². The summed E-state index contributed by atoms with van der Waals surface area (Å²) in [7, 11) is 3.35. The Kier molecular flexibility index (Phi) is 5.56. The van der Waals surface area contributed by atoms with E-state index < -0.39 is 0 Å². The normalized spacial score (nSPS) is 10.3. The van der Waals surface area contributed by atoms with E-state index in [1.807, 2.05) is 41.2 Å². The van der Waals surface area contributed by atoms with Gasteiger partial charge in [0.25, 0.3) is 11.8 Å². The third-order valence-corrected chi connectivity index (χ3v) is 4.01. The number of ether oxygens (including phenoxy) is 1. The van der Waals surface area contributed by atoms with Gasteiger partial charge in [-0.2, -0.15) is 0 Å². The van der Waals surface area contributed by atoms with Crippen molar-refractivity contribution in [2.24, 2.45) is 0 Å². The Bertz CT molecular complexity index is 899. The highest BCUT2D eigenvalue weighted by Crippen LogP contribution is 2.17. The SMILES string of the molecule is CN(C)C(=O)COc1ccc(NC(=O)c2ccc(-n3cccc3)cc2)cc1. The van der Waals surface area contributed by atoms with Crippen LogP contribution in [-0.2, 0) is 4.79 Å². The maximum atomic E-state index is 12.4. The molecule has 0 aliphatic carbocycles. The van der Waals surface area contributed by atoms with Crippen LogP contribution in [0.4, 0.5) is 5.69 Å². The molecule has 138 valence electrons. The van der Waals surface area contributed by atoms with Gasteiger partial charge in [-0.05, 0) is 60.7 Å². The van der Waals surface area contributed by atoms with E-state index in [1.54, 1.807) is 50.5 Å². The summed E-state index contributed by atoms with van der Waals surface area (Å²) in [5, 5.41) is 2.85. The molecule has 27 heavy (non-hydrogen) atoms. The second-order valence-electron chi connectivity index (χ2n) is 6.19. The van der Waals surface area contributed by atoms with Crippen molar-refractivity contribution in [2.75, 3.05) is 26.0 Å².